The first-order valence-electron chi connectivity index (χ1n) is 7.30. The van der Waals surface area contributed by atoms with E-state index in [0.29, 0.717) is 25.3 Å². The van der Waals surface area contributed by atoms with E-state index < -0.39 is 0 Å². The molecule has 1 aromatic rings. The Morgan fingerprint density at radius 3 is 2.80 bits per heavy atom. The second-order valence-electron chi connectivity index (χ2n) is 5.50. The van der Waals surface area contributed by atoms with E-state index in [1.54, 1.807) is 14.2 Å². The van der Waals surface area contributed by atoms with Crippen LogP contribution in [0.5, 0.6) is 0 Å². The van der Waals surface area contributed by atoms with E-state index in [2.05, 4.69) is 29.2 Å². The van der Waals surface area contributed by atoms with Crippen molar-refractivity contribution in [1.82, 2.24) is 4.90 Å². The largest absolute Gasteiger partial charge is 0.381 e. The van der Waals surface area contributed by atoms with Gasteiger partial charge in [0, 0.05) is 39.9 Å². The lowest BCUT2D eigenvalue weighted by Gasteiger charge is -2.38. The average Bonchev–Trinajstić information content (AvgIpc) is 2.48. The zero-order valence-electron chi connectivity index (χ0n) is 12.5. The molecule has 2 N–H and O–H groups in total. The van der Waals surface area contributed by atoms with Crippen LogP contribution in [0.4, 0.5) is 0 Å². The molecule has 2 atom stereocenters. The van der Waals surface area contributed by atoms with Gasteiger partial charge in [-0.3, -0.25) is 4.90 Å². The van der Waals surface area contributed by atoms with Crippen LogP contribution in [0.25, 0.3) is 0 Å². The first-order valence-corrected chi connectivity index (χ1v) is 7.30. The molecule has 112 valence electrons. The monoisotopic (exact) mass is 278 g/mol. The van der Waals surface area contributed by atoms with Gasteiger partial charge in [-0.1, -0.05) is 24.3 Å². The standard InChI is InChI=1S/C16H26N2O2/c1-19-12-14-5-3-4-13(8-14)11-18-7-6-16(20-2)9-15(18)10-17/h3-5,8,15-16H,6-7,9-12,17H2,1-2H3. The number of likely N-dealkylation sites (tertiary alicyclic amines) is 1. The summed E-state index contributed by atoms with van der Waals surface area (Å²) in [7, 11) is 3.52. The van der Waals surface area contributed by atoms with Crippen molar-refractivity contribution in [3.63, 3.8) is 0 Å². The van der Waals surface area contributed by atoms with Crippen molar-refractivity contribution in [3.05, 3.63) is 35.4 Å². The summed E-state index contributed by atoms with van der Waals surface area (Å²) in [4.78, 5) is 2.47. The van der Waals surface area contributed by atoms with E-state index in [9.17, 15) is 0 Å². The van der Waals surface area contributed by atoms with Crippen molar-refractivity contribution in [1.29, 1.82) is 0 Å². The van der Waals surface area contributed by atoms with Gasteiger partial charge in [0.25, 0.3) is 0 Å². The summed E-state index contributed by atoms with van der Waals surface area (Å²) in [5.74, 6) is 0. The van der Waals surface area contributed by atoms with Gasteiger partial charge in [0.1, 0.15) is 0 Å². The van der Waals surface area contributed by atoms with Gasteiger partial charge in [0.15, 0.2) is 0 Å². The summed E-state index contributed by atoms with van der Waals surface area (Å²) in [5, 5.41) is 0. The lowest BCUT2D eigenvalue weighted by atomic mass is 9.98. The Bertz CT molecular complexity index is 411. The third-order valence-electron chi connectivity index (χ3n) is 4.08. The van der Waals surface area contributed by atoms with E-state index in [1.807, 2.05) is 0 Å². The highest BCUT2D eigenvalue weighted by Gasteiger charge is 2.27. The molecular formula is C16H26N2O2. The minimum Gasteiger partial charge on any atom is -0.381 e. The first kappa shape index (κ1) is 15.4. The Hall–Kier alpha value is -0.940. The Labute approximate surface area is 121 Å². The predicted molar refractivity (Wildman–Crippen MR) is 80.4 cm³/mol. The lowest BCUT2D eigenvalue weighted by molar-refractivity contribution is 0.0102. The minimum absolute atomic E-state index is 0.361. The molecule has 2 unspecified atom stereocenters. The molecule has 0 amide bonds. The minimum atomic E-state index is 0.361. The molecule has 1 fully saturated rings. The number of hydrogen-bond acceptors (Lipinski definition) is 4. The summed E-state index contributed by atoms with van der Waals surface area (Å²) >= 11 is 0. The molecule has 4 nitrogen and oxygen atoms in total. The fraction of sp³-hybridized carbons (Fsp3) is 0.625. The second-order valence-corrected chi connectivity index (χ2v) is 5.50. The van der Waals surface area contributed by atoms with Crippen molar-refractivity contribution in [2.45, 2.75) is 38.1 Å². The summed E-state index contributed by atoms with van der Waals surface area (Å²) < 4.78 is 10.7. The summed E-state index contributed by atoms with van der Waals surface area (Å²) in [6.45, 7) is 3.36. The number of rotatable bonds is 6. The van der Waals surface area contributed by atoms with E-state index in [4.69, 9.17) is 15.2 Å². The molecule has 20 heavy (non-hydrogen) atoms. The number of hydrogen-bond donors (Lipinski definition) is 1. The Morgan fingerprint density at radius 1 is 1.30 bits per heavy atom. The molecule has 1 aromatic carbocycles. The van der Waals surface area contributed by atoms with E-state index >= 15 is 0 Å². The topological polar surface area (TPSA) is 47.7 Å². The number of nitrogens with two attached hydrogens (primary N) is 1. The fourth-order valence-electron chi connectivity index (χ4n) is 2.95. The van der Waals surface area contributed by atoms with E-state index in [0.717, 1.165) is 25.9 Å². The summed E-state index contributed by atoms with van der Waals surface area (Å²) in [6, 6.07) is 9.02. The van der Waals surface area contributed by atoms with Gasteiger partial charge in [-0.15, -0.1) is 0 Å². The van der Waals surface area contributed by atoms with Gasteiger partial charge >= 0.3 is 0 Å². The predicted octanol–water partition coefficient (Wildman–Crippen LogP) is 1.77. The summed E-state index contributed by atoms with van der Waals surface area (Å²) in [6.07, 6.45) is 2.48. The van der Waals surface area contributed by atoms with Crippen LogP contribution in [0, 0.1) is 0 Å². The molecule has 0 bridgehead atoms. The SMILES string of the molecule is COCc1cccc(CN2CCC(OC)CC2CN)c1. The number of ether oxygens (including phenoxy) is 2. The van der Waals surface area contributed by atoms with Crippen LogP contribution >= 0.6 is 0 Å². The van der Waals surface area contributed by atoms with Crippen molar-refractivity contribution >= 4 is 0 Å². The van der Waals surface area contributed by atoms with Crippen LogP contribution in [0.1, 0.15) is 24.0 Å². The van der Waals surface area contributed by atoms with Crippen molar-refractivity contribution < 1.29 is 9.47 Å². The third kappa shape index (κ3) is 4.03. The highest BCUT2D eigenvalue weighted by atomic mass is 16.5. The van der Waals surface area contributed by atoms with Gasteiger partial charge in [-0.25, -0.2) is 0 Å². The molecule has 0 spiro atoms. The number of benzene rings is 1. The molecule has 1 saturated heterocycles. The smallest absolute Gasteiger partial charge is 0.0713 e. The normalized spacial score (nSPS) is 23.9. The van der Waals surface area contributed by atoms with Crippen LogP contribution in [-0.4, -0.2) is 44.4 Å². The zero-order chi connectivity index (χ0) is 14.4. The van der Waals surface area contributed by atoms with Crippen LogP contribution in [-0.2, 0) is 22.6 Å². The number of piperidine rings is 1. The third-order valence-corrected chi connectivity index (χ3v) is 4.08. The maximum Gasteiger partial charge on any atom is 0.0713 e. The van der Waals surface area contributed by atoms with Gasteiger partial charge in [-0.2, -0.15) is 0 Å². The molecule has 0 aliphatic carbocycles. The highest BCUT2D eigenvalue weighted by Crippen LogP contribution is 2.21. The average molecular weight is 278 g/mol. The molecule has 1 aliphatic rings. The molecule has 1 aliphatic heterocycles. The first-order chi connectivity index (χ1) is 9.76. The fourth-order valence-corrected chi connectivity index (χ4v) is 2.95. The molecule has 0 aromatic heterocycles. The van der Waals surface area contributed by atoms with Gasteiger partial charge < -0.3 is 15.2 Å². The quantitative estimate of drug-likeness (QED) is 0.861. The van der Waals surface area contributed by atoms with Crippen LogP contribution in [0.15, 0.2) is 24.3 Å². The van der Waals surface area contributed by atoms with Crippen LogP contribution in [0.3, 0.4) is 0 Å². The molecule has 0 radical (unpaired) electrons. The highest BCUT2D eigenvalue weighted by molar-refractivity contribution is 5.23. The molecule has 0 saturated carbocycles. The van der Waals surface area contributed by atoms with Crippen LogP contribution < -0.4 is 5.73 Å². The Morgan fingerprint density at radius 2 is 2.10 bits per heavy atom. The Kier molecular flexibility index (Phi) is 5.98. The Balaban J connectivity index is 1.99. The summed E-state index contributed by atoms with van der Waals surface area (Å²) in [5.41, 5.74) is 8.48. The van der Waals surface area contributed by atoms with E-state index in [-0.39, 0.29) is 0 Å². The van der Waals surface area contributed by atoms with E-state index in [1.165, 1.54) is 11.1 Å². The molecule has 2 rings (SSSR count). The second kappa shape index (κ2) is 7.74. The van der Waals surface area contributed by atoms with Crippen molar-refractivity contribution in [2.24, 2.45) is 5.73 Å². The molecule has 1 heterocycles. The van der Waals surface area contributed by atoms with Gasteiger partial charge in [-0.05, 0) is 24.0 Å². The maximum absolute atomic E-state index is 5.92. The van der Waals surface area contributed by atoms with Gasteiger partial charge in [0.05, 0.1) is 12.7 Å². The molecular weight excluding hydrogens is 252 g/mol. The van der Waals surface area contributed by atoms with Gasteiger partial charge in [0.2, 0.25) is 0 Å². The van der Waals surface area contributed by atoms with Crippen molar-refractivity contribution in [3.8, 4) is 0 Å². The number of methoxy groups -OCH3 is 2. The van der Waals surface area contributed by atoms with Crippen molar-refractivity contribution in [2.75, 3.05) is 27.3 Å². The zero-order valence-corrected chi connectivity index (χ0v) is 12.5. The maximum atomic E-state index is 5.92. The van der Waals surface area contributed by atoms with Crippen LogP contribution in [0.2, 0.25) is 0 Å². The lowest BCUT2D eigenvalue weighted by Crippen LogP contribution is -2.47. The molecule has 4 heteroatoms. The number of nitrogens with zero attached hydrogens (tertiary/aromatic N) is 1.